The predicted molar refractivity (Wildman–Crippen MR) is 127 cm³/mol. The Kier molecular flexibility index (Phi) is 5.53. The molecule has 1 heterocycles. The average Bonchev–Trinajstić information content (AvgIpc) is 3.06. The van der Waals surface area contributed by atoms with Crippen LogP contribution >= 0.6 is 22.6 Å². The molecule has 4 heteroatoms. The van der Waals surface area contributed by atoms with Crippen molar-refractivity contribution in [1.82, 2.24) is 0 Å². The number of halogens is 1. The molecule has 0 aliphatic carbocycles. The number of furan rings is 1. The second-order valence-electron chi connectivity index (χ2n) is 6.94. The quantitative estimate of drug-likeness (QED) is 0.307. The Morgan fingerprint density at radius 1 is 0.793 bits per heavy atom. The van der Waals surface area contributed by atoms with Gasteiger partial charge in [0.05, 0.1) is 3.57 Å². The second kappa shape index (κ2) is 8.25. The van der Waals surface area contributed by atoms with Gasteiger partial charge in [-0.05, 0) is 59.3 Å². The standard InChI is InChI=1S/C25H20INO2/c1-16-8-10-20(11-9-16)25-23(26)22(18-6-4-3-5-7-18)24(29-25)19-12-14-21(15-13-19)27-17(2)28/h3-15H,1-2H3,(H,27,28). The highest BCUT2D eigenvalue weighted by molar-refractivity contribution is 14.1. The van der Waals surface area contributed by atoms with Crippen molar-refractivity contribution < 1.29 is 9.21 Å². The molecule has 1 aromatic heterocycles. The molecule has 1 N–H and O–H groups in total. The van der Waals surface area contributed by atoms with Crippen molar-refractivity contribution in [2.24, 2.45) is 0 Å². The predicted octanol–water partition coefficient (Wildman–Crippen LogP) is 7.15. The first-order valence-electron chi connectivity index (χ1n) is 9.35. The third kappa shape index (κ3) is 4.12. The van der Waals surface area contributed by atoms with Crippen LogP contribution in [0.15, 0.2) is 83.3 Å². The summed E-state index contributed by atoms with van der Waals surface area (Å²) in [4.78, 5) is 11.3. The highest BCUT2D eigenvalue weighted by Crippen LogP contribution is 2.43. The van der Waals surface area contributed by atoms with Gasteiger partial charge in [-0.3, -0.25) is 4.79 Å². The van der Waals surface area contributed by atoms with Gasteiger partial charge < -0.3 is 9.73 Å². The minimum absolute atomic E-state index is 0.0862. The monoisotopic (exact) mass is 493 g/mol. The number of hydrogen-bond acceptors (Lipinski definition) is 2. The number of carbonyl (C=O) groups excluding carboxylic acids is 1. The maximum absolute atomic E-state index is 11.3. The topological polar surface area (TPSA) is 42.2 Å². The van der Waals surface area contributed by atoms with E-state index in [0.29, 0.717) is 0 Å². The minimum atomic E-state index is -0.0862. The number of carbonyl (C=O) groups is 1. The van der Waals surface area contributed by atoms with Crippen LogP contribution in [0.1, 0.15) is 12.5 Å². The second-order valence-corrected chi connectivity index (χ2v) is 8.02. The molecule has 3 aromatic carbocycles. The average molecular weight is 493 g/mol. The number of benzene rings is 3. The van der Waals surface area contributed by atoms with E-state index in [2.05, 4.69) is 71.2 Å². The lowest BCUT2D eigenvalue weighted by atomic mass is 10.0. The Morgan fingerprint density at radius 2 is 1.38 bits per heavy atom. The summed E-state index contributed by atoms with van der Waals surface area (Å²) in [5, 5.41) is 2.81. The number of nitrogens with one attached hydrogen (secondary N) is 1. The molecule has 0 saturated carbocycles. The van der Waals surface area contributed by atoms with E-state index in [9.17, 15) is 4.79 Å². The molecule has 29 heavy (non-hydrogen) atoms. The maximum atomic E-state index is 11.3. The Balaban J connectivity index is 1.87. The van der Waals surface area contributed by atoms with Crippen LogP contribution in [0, 0.1) is 10.5 Å². The molecule has 0 spiro atoms. The summed E-state index contributed by atoms with van der Waals surface area (Å²) in [7, 11) is 0. The Hall–Kier alpha value is -2.86. The van der Waals surface area contributed by atoms with E-state index in [1.807, 2.05) is 42.5 Å². The zero-order valence-electron chi connectivity index (χ0n) is 16.2. The highest BCUT2D eigenvalue weighted by atomic mass is 127. The van der Waals surface area contributed by atoms with Crippen LogP contribution in [-0.2, 0) is 4.79 Å². The summed E-state index contributed by atoms with van der Waals surface area (Å²) in [6.45, 7) is 3.58. The van der Waals surface area contributed by atoms with Crippen molar-refractivity contribution in [2.45, 2.75) is 13.8 Å². The molecular weight excluding hydrogens is 473 g/mol. The summed E-state index contributed by atoms with van der Waals surface area (Å²) in [6, 6.07) is 26.4. The summed E-state index contributed by atoms with van der Waals surface area (Å²) in [6.07, 6.45) is 0. The molecule has 0 saturated heterocycles. The molecule has 0 radical (unpaired) electrons. The first kappa shape index (κ1) is 19.5. The number of rotatable bonds is 4. The minimum Gasteiger partial charge on any atom is -0.454 e. The van der Waals surface area contributed by atoms with E-state index in [0.717, 1.165) is 43.0 Å². The normalized spacial score (nSPS) is 10.7. The lowest BCUT2D eigenvalue weighted by molar-refractivity contribution is -0.114. The molecule has 4 rings (SSSR count). The van der Waals surface area contributed by atoms with Crippen LogP contribution in [0.3, 0.4) is 0 Å². The molecule has 3 nitrogen and oxygen atoms in total. The zero-order valence-corrected chi connectivity index (χ0v) is 18.4. The molecular formula is C25H20INO2. The molecule has 144 valence electrons. The van der Waals surface area contributed by atoms with E-state index in [1.54, 1.807) is 0 Å². The number of amides is 1. The SMILES string of the molecule is CC(=O)Nc1ccc(-c2oc(-c3ccc(C)cc3)c(I)c2-c2ccccc2)cc1. The molecule has 0 aliphatic heterocycles. The maximum Gasteiger partial charge on any atom is 0.221 e. The molecule has 0 bridgehead atoms. The first-order valence-corrected chi connectivity index (χ1v) is 10.4. The van der Waals surface area contributed by atoms with Gasteiger partial charge in [0, 0.05) is 29.3 Å². The highest BCUT2D eigenvalue weighted by Gasteiger charge is 2.22. The number of anilines is 1. The van der Waals surface area contributed by atoms with Crippen molar-refractivity contribution in [2.75, 3.05) is 5.32 Å². The summed E-state index contributed by atoms with van der Waals surface area (Å²) in [5.41, 5.74) is 6.19. The van der Waals surface area contributed by atoms with Crippen molar-refractivity contribution in [3.8, 4) is 33.8 Å². The van der Waals surface area contributed by atoms with Crippen LogP contribution in [0.5, 0.6) is 0 Å². The molecule has 0 atom stereocenters. The fourth-order valence-corrected chi connectivity index (χ4v) is 4.25. The van der Waals surface area contributed by atoms with Crippen LogP contribution in [0.2, 0.25) is 0 Å². The van der Waals surface area contributed by atoms with Gasteiger partial charge in [-0.1, -0.05) is 60.2 Å². The largest absolute Gasteiger partial charge is 0.454 e. The molecule has 4 aromatic rings. The lowest BCUT2D eigenvalue weighted by Gasteiger charge is -2.06. The van der Waals surface area contributed by atoms with Gasteiger partial charge in [-0.2, -0.15) is 0 Å². The van der Waals surface area contributed by atoms with Gasteiger partial charge in [0.25, 0.3) is 0 Å². The first-order chi connectivity index (χ1) is 14.0. The Morgan fingerprint density at radius 3 is 2.00 bits per heavy atom. The van der Waals surface area contributed by atoms with Gasteiger partial charge in [-0.25, -0.2) is 0 Å². The van der Waals surface area contributed by atoms with E-state index < -0.39 is 0 Å². The van der Waals surface area contributed by atoms with E-state index in [4.69, 9.17) is 4.42 Å². The zero-order chi connectivity index (χ0) is 20.4. The van der Waals surface area contributed by atoms with Crippen LogP contribution in [-0.4, -0.2) is 5.91 Å². The summed E-state index contributed by atoms with van der Waals surface area (Å²) >= 11 is 2.38. The number of hydrogen-bond donors (Lipinski definition) is 1. The van der Waals surface area contributed by atoms with Crippen LogP contribution < -0.4 is 5.32 Å². The van der Waals surface area contributed by atoms with Crippen molar-refractivity contribution in [1.29, 1.82) is 0 Å². The Labute approximate surface area is 183 Å². The van der Waals surface area contributed by atoms with Gasteiger partial charge in [-0.15, -0.1) is 0 Å². The van der Waals surface area contributed by atoms with E-state index in [1.165, 1.54) is 12.5 Å². The third-order valence-electron chi connectivity index (χ3n) is 4.69. The van der Waals surface area contributed by atoms with Gasteiger partial charge >= 0.3 is 0 Å². The molecule has 1 amide bonds. The van der Waals surface area contributed by atoms with Crippen molar-refractivity contribution in [3.05, 3.63) is 88.0 Å². The summed E-state index contributed by atoms with van der Waals surface area (Å²) < 4.78 is 7.52. The summed E-state index contributed by atoms with van der Waals surface area (Å²) in [5.74, 6) is 1.60. The lowest BCUT2D eigenvalue weighted by Crippen LogP contribution is -2.05. The fourth-order valence-electron chi connectivity index (χ4n) is 3.28. The molecule has 0 aliphatic rings. The molecule has 0 fully saturated rings. The fraction of sp³-hybridized carbons (Fsp3) is 0.0800. The van der Waals surface area contributed by atoms with Crippen molar-refractivity contribution >= 4 is 34.2 Å². The van der Waals surface area contributed by atoms with Gasteiger partial charge in [0.15, 0.2) is 0 Å². The smallest absolute Gasteiger partial charge is 0.221 e. The van der Waals surface area contributed by atoms with Gasteiger partial charge in [0.2, 0.25) is 5.91 Å². The van der Waals surface area contributed by atoms with E-state index >= 15 is 0 Å². The Bertz CT molecular complexity index is 1140. The van der Waals surface area contributed by atoms with Gasteiger partial charge in [0.1, 0.15) is 11.5 Å². The van der Waals surface area contributed by atoms with Crippen LogP contribution in [0.25, 0.3) is 33.8 Å². The van der Waals surface area contributed by atoms with Crippen molar-refractivity contribution in [3.63, 3.8) is 0 Å². The van der Waals surface area contributed by atoms with E-state index in [-0.39, 0.29) is 5.91 Å². The van der Waals surface area contributed by atoms with Crippen LogP contribution in [0.4, 0.5) is 5.69 Å². The third-order valence-corrected chi connectivity index (χ3v) is 5.72. The molecule has 0 unspecified atom stereocenters. The number of aryl methyl sites for hydroxylation is 1.